The van der Waals surface area contributed by atoms with Gasteiger partial charge in [-0.05, 0) is 77.4 Å². The molecule has 47 heavy (non-hydrogen) atoms. The van der Waals surface area contributed by atoms with Crippen molar-refractivity contribution in [2.45, 2.75) is 0 Å². The van der Waals surface area contributed by atoms with E-state index in [4.69, 9.17) is 13.8 Å². The topological polar surface area (TPSA) is 44.1 Å². The maximum Gasteiger partial charge on any atom is 0.227 e. The molecular formula is C43H26N2O2. The summed E-state index contributed by atoms with van der Waals surface area (Å²) in [6, 6.07) is 54.8. The average Bonchev–Trinajstić information content (AvgIpc) is 3.84. The summed E-state index contributed by atoms with van der Waals surface area (Å²) in [4.78, 5) is 5.06. The summed E-state index contributed by atoms with van der Waals surface area (Å²) < 4.78 is 15.3. The summed E-state index contributed by atoms with van der Waals surface area (Å²) in [6.07, 6.45) is 0. The summed E-state index contributed by atoms with van der Waals surface area (Å²) in [5, 5.41) is 4.56. The Bertz CT molecular complexity index is 2770. The number of para-hydroxylation sites is 2. The van der Waals surface area contributed by atoms with Gasteiger partial charge in [0.15, 0.2) is 5.58 Å². The van der Waals surface area contributed by atoms with Crippen LogP contribution in [-0.4, -0.2) is 9.55 Å². The van der Waals surface area contributed by atoms with Crippen LogP contribution in [0.1, 0.15) is 0 Å². The van der Waals surface area contributed by atoms with E-state index < -0.39 is 0 Å². The number of benzene rings is 7. The zero-order valence-electron chi connectivity index (χ0n) is 25.2. The summed E-state index contributed by atoms with van der Waals surface area (Å²) in [6.45, 7) is 0. The Morgan fingerprint density at radius 1 is 0.447 bits per heavy atom. The number of aromatic nitrogens is 2. The van der Waals surface area contributed by atoms with E-state index in [9.17, 15) is 0 Å². The first-order chi connectivity index (χ1) is 23.3. The van der Waals surface area contributed by atoms with Crippen molar-refractivity contribution in [1.82, 2.24) is 9.55 Å². The lowest BCUT2D eigenvalue weighted by atomic mass is 9.98. The van der Waals surface area contributed by atoms with Gasteiger partial charge in [0.1, 0.15) is 16.7 Å². The van der Waals surface area contributed by atoms with Crippen molar-refractivity contribution in [3.63, 3.8) is 0 Å². The molecule has 0 bridgehead atoms. The molecule has 0 aliphatic rings. The standard InChI is InChI=1S/C43H26N2O2/c1-3-11-27(12-4-1)30-25-35(28-13-5-2-6-14-28)41-39(26-30)47-43(44-41)29-19-21-31(22-20-29)45-36-17-9-7-16-34(36)40-37(45)24-23-33-32-15-8-10-18-38(32)46-42(33)40/h1-26H. The molecule has 0 atom stereocenters. The maximum absolute atomic E-state index is 6.50. The lowest BCUT2D eigenvalue weighted by molar-refractivity contribution is 0.620. The normalized spacial score (nSPS) is 11.8. The second kappa shape index (κ2) is 10.1. The molecule has 0 saturated carbocycles. The Morgan fingerprint density at radius 3 is 1.96 bits per heavy atom. The molecule has 0 saturated heterocycles. The number of nitrogens with zero attached hydrogens (tertiary/aromatic N) is 2. The van der Waals surface area contributed by atoms with E-state index in [0.29, 0.717) is 5.89 Å². The van der Waals surface area contributed by atoms with E-state index in [1.165, 1.54) is 0 Å². The number of hydrogen-bond acceptors (Lipinski definition) is 3. The third kappa shape index (κ3) is 3.98. The van der Waals surface area contributed by atoms with Crippen LogP contribution in [0.15, 0.2) is 167 Å². The van der Waals surface area contributed by atoms with E-state index >= 15 is 0 Å². The van der Waals surface area contributed by atoms with E-state index in [2.05, 4.69) is 138 Å². The molecule has 220 valence electrons. The first kappa shape index (κ1) is 25.9. The summed E-state index contributed by atoms with van der Waals surface area (Å²) in [5.74, 6) is 0.597. The van der Waals surface area contributed by atoms with Crippen LogP contribution >= 0.6 is 0 Å². The Morgan fingerprint density at radius 2 is 1.15 bits per heavy atom. The number of rotatable bonds is 4. The van der Waals surface area contributed by atoms with Gasteiger partial charge in [0.05, 0.1) is 16.4 Å². The van der Waals surface area contributed by atoms with Gasteiger partial charge < -0.3 is 13.4 Å². The quantitative estimate of drug-likeness (QED) is 0.201. The molecule has 0 radical (unpaired) electrons. The molecule has 0 aliphatic carbocycles. The monoisotopic (exact) mass is 602 g/mol. The average molecular weight is 603 g/mol. The highest BCUT2D eigenvalue weighted by Gasteiger charge is 2.19. The van der Waals surface area contributed by atoms with E-state index in [-0.39, 0.29) is 0 Å². The van der Waals surface area contributed by atoms with Gasteiger partial charge in [-0.1, -0.05) is 97.1 Å². The molecule has 0 spiro atoms. The first-order valence-corrected chi connectivity index (χ1v) is 15.8. The fourth-order valence-corrected chi connectivity index (χ4v) is 7.05. The van der Waals surface area contributed by atoms with Crippen LogP contribution in [0.25, 0.3) is 94.2 Å². The summed E-state index contributed by atoms with van der Waals surface area (Å²) >= 11 is 0. The molecule has 4 nitrogen and oxygen atoms in total. The van der Waals surface area contributed by atoms with Crippen molar-refractivity contribution in [3.05, 3.63) is 158 Å². The summed E-state index contributed by atoms with van der Waals surface area (Å²) in [5.41, 5.74) is 12.1. The molecule has 3 heterocycles. The van der Waals surface area contributed by atoms with Gasteiger partial charge in [-0.15, -0.1) is 0 Å². The fraction of sp³-hybridized carbons (Fsp3) is 0. The van der Waals surface area contributed by atoms with Gasteiger partial charge in [0, 0.05) is 33.0 Å². The van der Waals surface area contributed by atoms with Crippen LogP contribution in [0.4, 0.5) is 0 Å². The molecule has 3 aromatic heterocycles. The predicted molar refractivity (Wildman–Crippen MR) is 192 cm³/mol. The van der Waals surface area contributed by atoms with Crippen molar-refractivity contribution in [2.75, 3.05) is 0 Å². The highest BCUT2D eigenvalue weighted by Crippen LogP contribution is 2.41. The molecule has 7 aromatic carbocycles. The smallest absolute Gasteiger partial charge is 0.227 e. The zero-order valence-corrected chi connectivity index (χ0v) is 25.2. The minimum absolute atomic E-state index is 0.597. The molecule has 4 heteroatoms. The molecule has 10 rings (SSSR count). The van der Waals surface area contributed by atoms with E-state index in [1.807, 2.05) is 24.3 Å². The van der Waals surface area contributed by atoms with E-state index in [0.717, 1.165) is 88.3 Å². The molecule has 0 aliphatic heterocycles. The molecule has 0 fully saturated rings. The van der Waals surface area contributed by atoms with Crippen LogP contribution in [0.3, 0.4) is 0 Å². The minimum Gasteiger partial charge on any atom is -0.455 e. The van der Waals surface area contributed by atoms with Crippen molar-refractivity contribution >= 4 is 54.8 Å². The fourth-order valence-electron chi connectivity index (χ4n) is 7.05. The number of hydrogen-bond donors (Lipinski definition) is 0. The minimum atomic E-state index is 0.597. The second-order valence-corrected chi connectivity index (χ2v) is 12.0. The van der Waals surface area contributed by atoms with Crippen molar-refractivity contribution in [3.8, 4) is 39.4 Å². The van der Waals surface area contributed by atoms with Crippen LogP contribution < -0.4 is 0 Å². The molecule has 10 aromatic rings. The Balaban J connectivity index is 1.12. The van der Waals surface area contributed by atoms with Gasteiger partial charge in [0.2, 0.25) is 5.89 Å². The Kier molecular flexibility index (Phi) is 5.54. The zero-order chi connectivity index (χ0) is 30.9. The van der Waals surface area contributed by atoms with Crippen LogP contribution in [-0.2, 0) is 0 Å². The van der Waals surface area contributed by atoms with Gasteiger partial charge in [-0.3, -0.25) is 0 Å². The lowest BCUT2D eigenvalue weighted by Gasteiger charge is -2.08. The Hall–Kier alpha value is -6.39. The highest BCUT2D eigenvalue weighted by molar-refractivity contribution is 6.23. The number of furan rings is 1. The number of fused-ring (bicyclic) bond motifs is 8. The van der Waals surface area contributed by atoms with Gasteiger partial charge in [0.25, 0.3) is 0 Å². The number of oxazole rings is 1. The third-order valence-electron chi connectivity index (χ3n) is 9.24. The van der Waals surface area contributed by atoms with Crippen molar-refractivity contribution < 1.29 is 8.83 Å². The van der Waals surface area contributed by atoms with Crippen LogP contribution in [0.5, 0.6) is 0 Å². The first-order valence-electron chi connectivity index (χ1n) is 15.8. The lowest BCUT2D eigenvalue weighted by Crippen LogP contribution is -1.93. The van der Waals surface area contributed by atoms with E-state index in [1.54, 1.807) is 0 Å². The van der Waals surface area contributed by atoms with Crippen molar-refractivity contribution in [2.24, 2.45) is 0 Å². The molecule has 0 unspecified atom stereocenters. The van der Waals surface area contributed by atoms with Gasteiger partial charge in [-0.2, -0.15) is 0 Å². The molecule has 0 N–H and O–H groups in total. The largest absolute Gasteiger partial charge is 0.455 e. The van der Waals surface area contributed by atoms with Crippen LogP contribution in [0.2, 0.25) is 0 Å². The Labute approximate surface area is 269 Å². The second-order valence-electron chi connectivity index (χ2n) is 12.0. The predicted octanol–water partition coefficient (Wildman–Crippen LogP) is 11.8. The maximum atomic E-state index is 6.50. The summed E-state index contributed by atoms with van der Waals surface area (Å²) in [7, 11) is 0. The third-order valence-corrected chi connectivity index (χ3v) is 9.24. The SMILES string of the molecule is c1ccc(-c2cc(-c3ccccc3)c3nc(-c4ccc(-n5c6ccccc6c6c7oc8ccccc8c7ccc65)cc4)oc3c2)cc1. The molecule has 0 amide bonds. The molecular weight excluding hydrogens is 576 g/mol. The van der Waals surface area contributed by atoms with Crippen LogP contribution in [0, 0.1) is 0 Å². The van der Waals surface area contributed by atoms with Gasteiger partial charge in [-0.25, -0.2) is 4.98 Å². The highest BCUT2D eigenvalue weighted by atomic mass is 16.3. The van der Waals surface area contributed by atoms with Crippen molar-refractivity contribution in [1.29, 1.82) is 0 Å². The van der Waals surface area contributed by atoms with Gasteiger partial charge >= 0.3 is 0 Å².